The molecule has 3 nitrogen and oxygen atoms in total. The van der Waals surface area contributed by atoms with Gasteiger partial charge in [-0.05, 0) is 19.8 Å². The van der Waals surface area contributed by atoms with Crippen molar-refractivity contribution in [3.05, 3.63) is 40.9 Å². The molecular formula is C17H20N2OS. The van der Waals surface area contributed by atoms with E-state index in [0.29, 0.717) is 6.04 Å². The summed E-state index contributed by atoms with van der Waals surface area (Å²) in [5, 5.41) is 4.09. The number of carbonyl (C=O) groups excluding carboxylic acids is 1. The summed E-state index contributed by atoms with van der Waals surface area (Å²) in [7, 11) is 0. The molecule has 0 atom stereocenters. The van der Waals surface area contributed by atoms with Crippen LogP contribution in [0.5, 0.6) is 0 Å². The van der Waals surface area contributed by atoms with Gasteiger partial charge in [0.15, 0.2) is 0 Å². The molecular weight excluding hydrogens is 280 g/mol. The number of benzene rings is 1. The van der Waals surface area contributed by atoms with Gasteiger partial charge in [0.2, 0.25) is 0 Å². The minimum atomic E-state index is 0.0408. The van der Waals surface area contributed by atoms with Crippen molar-refractivity contribution in [3.8, 4) is 10.6 Å². The third-order valence-corrected chi connectivity index (χ3v) is 5.17. The Kier molecular flexibility index (Phi) is 4.34. The zero-order chi connectivity index (χ0) is 14.7. The molecule has 1 aromatic carbocycles. The van der Waals surface area contributed by atoms with Crippen LogP contribution in [0.3, 0.4) is 0 Å². The Labute approximate surface area is 129 Å². The lowest BCUT2D eigenvalue weighted by atomic mass is 9.95. The molecule has 1 aromatic heterocycles. The minimum Gasteiger partial charge on any atom is -0.349 e. The molecule has 0 bridgehead atoms. The van der Waals surface area contributed by atoms with Gasteiger partial charge in [0.1, 0.15) is 9.88 Å². The topological polar surface area (TPSA) is 42.0 Å². The summed E-state index contributed by atoms with van der Waals surface area (Å²) in [6, 6.07) is 10.4. The van der Waals surface area contributed by atoms with Gasteiger partial charge >= 0.3 is 0 Å². The lowest BCUT2D eigenvalue weighted by Gasteiger charge is -2.22. The Morgan fingerprint density at radius 1 is 1.19 bits per heavy atom. The fraction of sp³-hybridized carbons (Fsp3) is 0.412. The summed E-state index contributed by atoms with van der Waals surface area (Å²) in [4.78, 5) is 17.7. The molecule has 1 heterocycles. The standard InChI is InChI=1S/C17H20N2OS/c1-12-15(16(20)19-14-10-6-3-7-11-14)21-17(18-12)13-8-4-2-5-9-13/h2,4-5,8-9,14H,3,6-7,10-11H2,1H3,(H,19,20). The van der Waals surface area contributed by atoms with Crippen molar-refractivity contribution in [2.24, 2.45) is 0 Å². The number of rotatable bonds is 3. The van der Waals surface area contributed by atoms with Gasteiger partial charge in [-0.15, -0.1) is 11.3 Å². The number of amides is 1. The number of thiazole rings is 1. The molecule has 2 aromatic rings. The van der Waals surface area contributed by atoms with Crippen molar-refractivity contribution >= 4 is 17.2 Å². The quantitative estimate of drug-likeness (QED) is 0.924. The number of hydrogen-bond acceptors (Lipinski definition) is 3. The molecule has 0 aliphatic heterocycles. The predicted octanol–water partition coefficient (Wildman–Crippen LogP) is 4.18. The molecule has 0 unspecified atom stereocenters. The van der Waals surface area contributed by atoms with E-state index in [0.717, 1.165) is 34.0 Å². The third kappa shape index (κ3) is 3.32. The van der Waals surface area contributed by atoms with Gasteiger partial charge in [0.25, 0.3) is 5.91 Å². The van der Waals surface area contributed by atoms with E-state index in [1.807, 2.05) is 37.3 Å². The lowest BCUT2D eigenvalue weighted by molar-refractivity contribution is 0.0931. The average Bonchev–Trinajstić information content (AvgIpc) is 2.91. The van der Waals surface area contributed by atoms with E-state index in [2.05, 4.69) is 10.3 Å². The summed E-state index contributed by atoms with van der Waals surface area (Å²) in [5.74, 6) is 0.0408. The summed E-state index contributed by atoms with van der Waals surface area (Å²) in [5.41, 5.74) is 1.90. The lowest BCUT2D eigenvalue weighted by Crippen LogP contribution is -2.36. The highest BCUT2D eigenvalue weighted by molar-refractivity contribution is 7.17. The molecule has 21 heavy (non-hydrogen) atoms. The summed E-state index contributed by atoms with van der Waals surface area (Å²) < 4.78 is 0. The van der Waals surface area contributed by atoms with Crippen LogP contribution in [0.4, 0.5) is 0 Å². The molecule has 110 valence electrons. The van der Waals surface area contributed by atoms with E-state index < -0.39 is 0 Å². The first-order valence-corrected chi connectivity index (χ1v) is 8.39. The Bertz CT molecular complexity index is 615. The van der Waals surface area contributed by atoms with Crippen molar-refractivity contribution in [1.82, 2.24) is 10.3 Å². The van der Waals surface area contributed by atoms with Crippen LogP contribution in [0.25, 0.3) is 10.6 Å². The highest BCUT2D eigenvalue weighted by Gasteiger charge is 2.20. The van der Waals surface area contributed by atoms with E-state index in [1.165, 1.54) is 30.6 Å². The van der Waals surface area contributed by atoms with Crippen LogP contribution < -0.4 is 5.32 Å². The Balaban J connectivity index is 1.76. The molecule has 4 heteroatoms. The average molecular weight is 300 g/mol. The van der Waals surface area contributed by atoms with E-state index >= 15 is 0 Å². The maximum atomic E-state index is 12.4. The van der Waals surface area contributed by atoms with Gasteiger partial charge in [-0.1, -0.05) is 49.6 Å². The van der Waals surface area contributed by atoms with Gasteiger partial charge in [0.05, 0.1) is 5.69 Å². The number of hydrogen-bond donors (Lipinski definition) is 1. The van der Waals surface area contributed by atoms with Crippen molar-refractivity contribution in [1.29, 1.82) is 0 Å². The molecule has 1 fully saturated rings. The Morgan fingerprint density at radius 2 is 1.90 bits per heavy atom. The first kappa shape index (κ1) is 14.3. The third-order valence-electron chi connectivity index (χ3n) is 3.96. The zero-order valence-electron chi connectivity index (χ0n) is 12.3. The first-order chi connectivity index (χ1) is 10.2. The Hall–Kier alpha value is -1.68. The molecule has 3 rings (SSSR count). The second-order valence-electron chi connectivity index (χ2n) is 5.61. The van der Waals surface area contributed by atoms with Crippen LogP contribution >= 0.6 is 11.3 Å². The smallest absolute Gasteiger partial charge is 0.263 e. The molecule has 1 aliphatic carbocycles. The molecule has 0 radical (unpaired) electrons. The van der Waals surface area contributed by atoms with Crippen LogP contribution in [0.2, 0.25) is 0 Å². The van der Waals surface area contributed by atoms with E-state index in [4.69, 9.17) is 0 Å². The van der Waals surface area contributed by atoms with Gasteiger partial charge in [0, 0.05) is 11.6 Å². The number of aryl methyl sites for hydroxylation is 1. The SMILES string of the molecule is Cc1nc(-c2ccccc2)sc1C(=O)NC1CCCCC1. The van der Waals surface area contributed by atoms with Crippen molar-refractivity contribution in [2.75, 3.05) is 0 Å². The van der Waals surface area contributed by atoms with E-state index in [-0.39, 0.29) is 5.91 Å². The number of nitrogens with zero attached hydrogens (tertiary/aromatic N) is 1. The summed E-state index contributed by atoms with van der Waals surface area (Å²) >= 11 is 1.49. The van der Waals surface area contributed by atoms with Crippen LogP contribution in [0.15, 0.2) is 30.3 Å². The van der Waals surface area contributed by atoms with E-state index in [1.54, 1.807) is 0 Å². The second-order valence-corrected chi connectivity index (χ2v) is 6.61. The number of nitrogens with one attached hydrogen (secondary N) is 1. The van der Waals surface area contributed by atoms with Crippen molar-refractivity contribution < 1.29 is 4.79 Å². The Morgan fingerprint density at radius 3 is 2.62 bits per heavy atom. The molecule has 1 N–H and O–H groups in total. The molecule has 1 amide bonds. The van der Waals surface area contributed by atoms with Crippen LogP contribution in [-0.4, -0.2) is 16.9 Å². The minimum absolute atomic E-state index is 0.0408. The van der Waals surface area contributed by atoms with Crippen LogP contribution in [-0.2, 0) is 0 Å². The fourth-order valence-corrected chi connectivity index (χ4v) is 3.78. The van der Waals surface area contributed by atoms with Gasteiger partial charge < -0.3 is 5.32 Å². The first-order valence-electron chi connectivity index (χ1n) is 7.58. The van der Waals surface area contributed by atoms with E-state index in [9.17, 15) is 4.79 Å². The number of carbonyl (C=O) groups is 1. The van der Waals surface area contributed by atoms with Crippen molar-refractivity contribution in [3.63, 3.8) is 0 Å². The van der Waals surface area contributed by atoms with Crippen molar-refractivity contribution in [2.45, 2.75) is 45.1 Å². The molecule has 0 saturated heterocycles. The maximum absolute atomic E-state index is 12.4. The normalized spacial score (nSPS) is 15.9. The summed E-state index contributed by atoms with van der Waals surface area (Å²) in [6.45, 7) is 1.92. The molecule has 1 aliphatic rings. The number of aromatic nitrogens is 1. The maximum Gasteiger partial charge on any atom is 0.263 e. The zero-order valence-corrected chi connectivity index (χ0v) is 13.1. The largest absolute Gasteiger partial charge is 0.349 e. The van der Waals surface area contributed by atoms with Crippen LogP contribution in [0, 0.1) is 6.92 Å². The summed E-state index contributed by atoms with van der Waals surface area (Å²) in [6.07, 6.45) is 5.96. The van der Waals surface area contributed by atoms with Crippen LogP contribution in [0.1, 0.15) is 47.5 Å². The van der Waals surface area contributed by atoms with Gasteiger partial charge in [-0.2, -0.15) is 0 Å². The van der Waals surface area contributed by atoms with Gasteiger partial charge in [-0.25, -0.2) is 4.98 Å². The molecule has 0 spiro atoms. The second kappa shape index (κ2) is 6.39. The monoisotopic (exact) mass is 300 g/mol. The molecule has 1 saturated carbocycles. The highest BCUT2D eigenvalue weighted by atomic mass is 32.1. The highest BCUT2D eigenvalue weighted by Crippen LogP contribution is 2.28. The van der Waals surface area contributed by atoms with Gasteiger partial charge in [-0.3, -0.25) is 4.79 Å². The predicted molar refractivity (Wildman–Crippen MR) is 86.6 cm³/mol. The fourth-order valence-electron chi connectivity index (χ4n) is 2.81.